The van der Waals surface area contributed by atoms with Gasteiger partial charge in [-0.05, 0) is 49.1 Å². The first-order valence-corrected chi connectivity index (χ1v) is 17.4. The van der Waals surface area contributed by atoms with Gasteiger partial charge in [-0.2, -0.15) is 0 Å². The van der Waals surface area contributed by atoms with Crippen LogP contribution in [0.5, 0.6) is 11.5 Å². The van der Waals surface area contributed by atoms with Crippen LogP contribution < -0.4 is 56.1 Å². The maximum Gasteiger partial charge on any atom is 1.00 e. The molecule has 14 heteroatoms. The Morgan fingerprint density at radius 3 is 1.77 bits per heavy atom. The van der Waals surface area contributed by atoms with Crippen molar-refractivity contribution in [2.24, 2.45) is 11.8 Å². The molecule has 0 saturated carbocycles. The van der Waals surface area contributed by atoms with E-state index in [1.165, 1.54) is 0 Å². The van der Waals surface area contributed by atoms with Gasteiger partial charge < -0.3 is 18.8 Å². The molecule has 2 rings (SSSR count). The van der Waals surface area contributed by atoms with Crippen molar-refractivity contribution in [1.82, 2.24) is 0 Å². The largest absolute Gasteiger partial charge is 1.00 e. The van der Waals surface area contributed by atoms with Gasteiger partial charge in [0.15, 0.2) is 4.99 Å². The van der Waals surface area contributed by atoms with Crippen LogP contribution in [0.1, 0.15) is 72.8 Å². The van der Waals surface area contributed by atoms with Gasteiger partial charge >= 0.3 is 70.9 Å². The molecule has 0 N–H and O–H groups in total. The SMILES string of the molecule is CCC(=O)OC(OP(=O)(OC(OC(=O)CC)C(C)C)C(CCCc1cccc(Oc2ccccc2)c1)S(=O)(=O)[O-])C(C)C.[K+]. The molecule has 2 aromatic carbocycles. The van der Waals surface area contributed by atoms with Crippen LogP contribution >= 0.6 is 7.60 Å². The van der Waals surface area contributed by atoms with Crippen LogP contribution in [0.3, 0.4) is 0 Å². The molecule has 0 heterocycles. The molecule has 0 fully saturated rings. The Labute approximate surface area is 303 Å². The van der Waals surface area contributed by atoms with E-state index < -0.39 is 65.5 Å². The maximum atomic E-state index is 14.4. The molecule has 0 bridgehead atoms. The first kappa shape index (κ1) is 40.9. The second kappa shape index (κ2) is 19.5. The van der Waals surface area contributed by atoms with E-state index in [-0.39, 0.29) is 70.6 Å². The summed E-state index contributed by atoms with van der Waals surface area (Å²) in [6, 6.07) is 16.3. The number of carbonyl (C=O) groups is 2. The molecular weight excluding hydrogens is 638 g/mol. The fourth-order valence-electron chi connectivity index (χ4n) is 3.77. The summed E-state index contributed by atoms with van der Waals surface area (Å²) < 4.78 is 79.9. The first-order valence-electron chi connectivity index (χ1n) is 14.3. The van der Waals surface area contributed by atoms with Crippen molar-refractivity contribution in [1.29, 1.82) is 0 Å². The number of hydrogen-bond acceptors (Lipinski definition) is 11. The van der Waals surface area contributed by atoms with Gasteiger partial charge in [0.1, 0.15) is 21.6 Å². The van der Waals surface area contributed by atoms with Crippen molar-refractivity contribution >= 4 is 29.7 Å². The van der Waals surface area contributed by atoms with E-state index in [9.17, 15) is 27.1 Å². The molecular formula is C30H42KO11PS. The summed E-state index contributed by atoms with van der Waals surface area (Å²) in [6.45, 7) is 9.47. The van der Waals surface area contributed by atoms with E-state index >= 15 is 0 Å². The number of ether oxygens (including phenoxy) is 3. The Morgan fingerprint density at radius 2 is 1.32 bits per heavy atom. The Bertz CT molecular complexity index is 1300. The average Bonchev–Trinajstić information content (AvgIpc) is 2.94. The molecule has 0 aliphatic heterocycles. The average molecular weight is 681 g/mol. The van der Waals surface area contributed by atoms with Crippen LogP contribution in [0.2, 0.25) is 0 Å². The van der Waals surface area contributed by atoms with Crippen LogP contribution in [0, 0.1) is 11.8 Å². The van der Waals surface area contributed by atoms with Crippen LogP contribution in [-0.4, -0.2) is 42.5 Å². The van der Waals surface area contributed by atoms with Crippen molar-refractivity contribution in [3.8, 4) is 11.5 Å². The first-order chi connectivity index (χ1) is 20.2. The molecule has 0 saturated heterocycles. The van der Waals surface area contributed by atoms with Gasteiger partial charge in [-0.15, -0.1) is 0 Å². The molecule has 11 nitrogen and oxygen atoms in total. The van der Waals surface area contributed by atoms with Gasteiger partial charge in [-0.1, -0.05) is 71.9 Å². The van der Waals surface area contributed by atoms with Crippen LogP contribution in [0.15, 0.2) is 54.6 Å². The van der Waals surface area contributed by atoms with Crippen LogP contribution in [0.25, 0.3) is 0 Å². The minimum absolute atomic E-state index is 0. The zero-order chi connectivity index (χ0) is 32.2. The number of para-hydroxylation sites is 1. The van der Waals surface area contributed by atoms with Crippen molar-refractivity contribution in [2.75, 3.05) is 0 Å². The Kier molecular flexibility index (Phi) is 18.1. The molecule has 0 radical (unpaired) electrons. The third kappa shape index (κ3) is 13.7. The van der Waals surface area contributed by atoms with Gasteiger partial charge in [-0.3, -0.25) is 23.2 Å². The topological polar surface area (TPSA) is 155 Å². The number of aryl methyl sites for hydroxylation is 1. The van der Waals surface area contributed by atoms with E-state index in [1.54, 1.807) is 71.9 Å². The Morgan fingerprint density at radius 1 is 0.818 bits per heavy atom. The predicted molar refractivity (Wildman–Crippen MR) is 159 cm³/mol. The Hall–Kier alpha value is -1.12. The molecule has 44 heavy (non-hydrogen) atoms. The van der Waals surface area contributed by atoms with Gasteiger partial charge in [0, 0.05) is 24.7 Å². The maximum absolute atomic E-state index is 14.4. The number of esters is 2. The van der Waals surface area contributed by atoms with E-state index in [1.807, 2.05) is 24.3 Å². The number of carbonyl (C=O) groups excluding carboxylic acids is 2. The predicted octanol–water partition coefficient (Wildman–Crippen LogP) is 3.77. The van der Waals surface area contributed by atoms with E-state index in [4.69, 9.17) is 23.3 Å². The third-order valence-corrected chi connectivity index (χ3v) is 10.6. The second-order valence-electron chi connectivity index (χ2n) is 10.6. The molecule has 0 spiro atoms. The summed E-state index contributed by atoms with van der Waals surface area (Å²) in [4.78, 5) is 22.0. The molecule has 0 aromatic heterocycles. The van der Waals surface area contributed by atoms with Crippen molar-refractivity contribution in [3.05, 3.63) is 60.2 Å². The van der Waals surface area contributed by atoms with Crippen molar-refractivity contribution in [3.63, 3.8) is 0 Å². The molecule has 3 atom stereocenters. The summed E-state index contributed by atoms with van der Waals surface area (Å²) in [6.07, 6.45) is -3.07. The quantitative estimate of drug-likeness (QED) is 0.0743. The number of hydrogen-bond donors (Lipinski definition) is 0. The zero-order valence-electron chi connectivity index (χ0n) is 26.5. The van der Waals surface area contributed by atoms with Crippen LogP contribution in [0.4, 0.5) is 0 Å². The fraction of sp³-hybridized carbons (Fsp3) is 0.533. The van der Waals surface area contributed by atoms with E-state index in [0.29, 0.717) is 17.9 Å². The van der Waals surface area contributed by atoms with Gasteiger partial charge in [-0.25, -0.2) is 8.42 Å². The zero-order valence-corrected chi connectivity index (χ0v) is 31.3. The minimum atomic E-state index is -5.31. The van der Waals surface area contributed by atoms with Crippen molar-refractivity contribution in [2.45, 2.75) is 91.2 Å². The number of benzene rings is 2. The minimum Gasteiger partial charge on any atom is -0.747 e. The summed E-state index contributed by atoms with van der Waals surface area (Å²) >= 11 is 0. The second-order valence-corrected chi connectivity index (χ2v) is 14.6. The smallest absolute Gasteiger partial charge is 0.747 e. The van der Waals surface area contributed by atoms with Gasteiger partial charge in [0.25, 0.3) is 0 Å². The summed E-state index contributed by atoms with van der Waals surface area (Å²) in [5, 5.41) is 0. The fourth-order valence-corrected chi connectivity index (χ4v) is 7.76. The normalized spacial score (nSPS) is 15.0. The number of rotatable bonds is 18. The molecule has 0 amide bonds. The summed E-state index contributed by atoms with van der Waals surface area (Å²) in [5.74, 6) is -1.37. The van der Waals surface area contributed by atoms with Crippen molar-refractivity contribution < 1.29 is 102 Å². The standard InChI is InChI=1S/C30H43O11PS.K/c1-7-26(31)38-29(21(3)4)40-42(33,41-30(22(5)6)39-27(32)8-2)28(43(34,35)36)19-13-15-23-14-12-18-25(20-23)37-24-16-10-9-11-17-24;/h9-12,14,16-18,20-22,28-30H,7-8,13,15,19H2,1-6H3,(H,34,35,36);/q;+1/p-1. The van der Waals surface area contributed by atoms with Crippen LogP contribution in [-0.2, 0) is 49.2 Å². The summed E-state index contributed by atoms with van der Waals surface area (Å²) in [7, 11) is -10.3. The monoisotopic (exact) mass is 680 g/mol. The molecule has 2 aromatic rings. The van der Waals surface area contributed by atoms with E-state index in [2.05, 4.69) is 0 Å². The molecule has 240 valence electrons. The molecule has 3 unspecified atom stereocenters. The molecule has 0 aliphatic carbocycles. The molecule has 0 aliphatic rings. The third-order valence-electron chi connectivity index (χ3n) is 6.14. The van der Waals surface area contributed by atoms with E-state index in [0.717, 1.165) is 5.56 Å². The summed E-state index contributed by atoms with van der Waals surface area (Å²) in [5.41, 5.74) is 0.779. The van der Waals surface area contributed by atoms with Gasteiger partial charge in [0.05, 0.1) is 0 Å². The Balaban J connectivity index is 0.00000968. The van der Waals surface area contributed by atoms with Gasteiger partial charge in [0.2, 0.25) is 12.6 Å².